The van der Waals surface area contributed by atoms with Crippen molar-refractivity contribution in [2.45, 2.75) is 32.4 Å². The van der Waals surface area contributed by atoms with Crippen molar-refractivity contribution in [2.24, 2.45) is 0 Å². The van der Waals surface area contributed by atoms with Gasteiger partial charge in [0.25, 0.3) is 5.91 Å². The molecule has 0 bridgehead atoms. The quantitative estimate of drug-likeness (QED) is 0.716. The van der Waals surface area contributed by atoms with Crippen molar-refractivity contribution in [1.82, 2.24) is 10.6 Å². The Bertz CT molecular complexity index is 685. The van der Waals surface area contributed by atoms with E-state index < -0.39 is 27.7 Å². The number of carbonyl (C=O) groups excluding carboxylic acids is 2. The molecule has 0 heterocycles. The third-order valence-corrected chi connectivity index (χ3v) is 4.16. The van der Waals surface area contributed by atoms with Gasteiger partial charge in [0, 0.05) is 12.3 Å². The fraction of sp³-hybridized carbons (Fsp3) is 0.500. The number of methoxy groups -OCH3 is 1. The Hall–Kier alpha value is -2.09. The second-order valence-corrected chi connectivity index (χ2v) is 8.07. The zero-order chi connectivity index (χ0) is 18.3. The van der Waals surface area contributed by atoms with Gasteiger partial charge < -0.3 is 15.4 Å². The van der Waals surface area contributed by atoms with Crippen molar-refractivity contribution in [1.29, 1.82) is 0 Å². The van der Waals surface area contributed by atoms with Gasteiger partial charge in [-0.1, -0.05) is 12.1 Å². The summed E-state index contributed by atoms with van der Waals surface area (Å²) in [6, 6.07) is 5.54. The van der Waals surface area contributed by atoms with E-state index in [1.807, 2.05) is 0 Å². The summed E-state index contributed by atoms with van der Waals surface area (Å²) in [6.45, 7) is 3.57. The molecule has 0 unspecified atom stereocenters. The van der Waals surface area contributed by atoms with Gasteiger partial charge in [0.05, 0.1) is 18.4 Å². The number of hydrogen-bond acceptors (Lipinski definition) is 5. The first-order valence-electron chi connectivity index (χ1n) is 7.56. The minimum absolute atomic E-state index is 0.00171. The second kappa shape index (κ2) is 8.68. The molecule has 1 aromatic carbocycles. The predicted octanol–water partition coefficient (Wildman–Crippen LogP) is 0.753. The van der Waals surface area contributed by atoms with Crippen LogP contribution in [0.3, 0.4) is 0 Å². The van der Waals surface area contributed by atoms with Crippen molar-refractivity contribution in [3.63, 3.8) is 0 Å². The molecule has 1 aromatic rings. The van der Waals surface area contributed by atoms with Crippen LogP contribution in [0, 0.1) is 0 Å². The average molecular weight is 356 g/mol. The third kappa shape index (κ3) is 6.57. The normalized spacial score (nSPS) is 12.5. The molecule has 0 aromatic heterocycles. The topological polar surface area (TPSA) is 102 Å². The molecule has 0 saturated carbocycles. The van der Waals surface area contributed by atoms with Crippen molar-refractivity contribution >= 4 is 21.7 Å². The number of hydrogen-bond donors (Lipinski definition) is 2. The van der Waals surface area contributed by atoms with Gasteiger partial charge in [0.2, 0.25) is 5.91 Å². The second-order valence-electron chi connectivity index (χ2n) is 5.81. The summed E-state index contributed by atoms with van der Waals surface area (Å²) in [5.74, 6) is -0.738. The molecule has 0 aliphatic heterocycles. The van der Waals surface area contributed by atoms with E-state index in [2.05, 4.69) is 10.6 Å². The van der Waals surface area contributed by atoms with Crippen molar-refractivity contribution in [2.75, 3.05) is 19.1 Å². The summed E-state index contributed by atoms with van der Waals surface area (Å²) in [4.78, 5) is 24.7. The molecule has 0 aliphatic carbocycles. The first-order chi connectivity index (χ1) is 11.1. The number of benzene rings is 1. The Morgan fingerprint density at radius 1 is 1.17 bits per heavy atom. The highest BCUT2D eigenvalue weighted by Crippen LogP contribution is 2.17. The first-order valence-corrected chi connectivity index (χ1v) is 9.62. The highest BCUT2D eigenvalue weighted by atomic mass is 32.2. The molecule has 1 rings (SSSR count). The van der Waals surface area contributed by atoms with Gasteiger partial charge in [-0.05, 0) is 32.4 Å². The highest BCUT2D eigenvalue weighted by Gasteiger charge is 2.24. The number of rotatable bonds is 8. The van der Waals surface area contributed by atoms with Gasteiger partial charge in [-0.15, -0.1) is 0 Å². The monoisotopic (exact) mass is 356 g/mol. The smallest absolute Gasteiger partial charge is 0.255 e. The van der Waals surface area contributed by atoms with E-state index in [0.29, 0.717) is 5.75 Å². The van der Waals surface area contributed by atoms with E-state index in [0.717, 1.165) is 6.26 Å². The zero-order valence-electron chi connectivity index (χ0n) is 14.3. The lowest BCUT2D eigenvalue weighted by atomic mass is 10.1. The highest BCUT2D eigenvalue weighted by molar-refractivity contribution is 7.90. The van der Waals surface area contributed by atoms with Crippen molar-refractivity contribution < 1.29 is 22.7 Å². The minimum atomic E-state index is -3.25. The molecule has 2 N–H and O–H groups in total. The van der Waals surface area contributed by atoms with Crippen LogP contribution in [0.15, 0.2) is 24.3 Å². The maximum Gasteiger partial charge on any atom is 0.255 e. The molecule has 0 fully saturated rings. The van der Waals surface area contributed by atoms with Crippen molar-refractivity contribution in [3.05, 3.63) is 29.8 Å². The van der Waals surface area contributed by atoms with E-state index >= 15 is 0 Å². The molecule has 2 amide bonds. The van der Waals surface area contributed by atoms with Crippen LogP contribution in [0.4, 0.5) is 0 Å². The molecule has 134 valence electrons. The van der Waals surface area contributed by atoms with Crippen LogP contribution in [0.5, 0.6) is 5.75 Å². The van der Waals surface area contributed by atoms with Crippen LogP contribution < -0.4 is 15.4 Å². The van der Waals surface area contributed by atoms with Gasteiger partial charge in [0.1, 0.15) is 21.6 Å². The third-order valence-electron chi connectivity index (χ3n) is 3.18. The number of ether oxygens (including phenoxy) is 1. The van der Waals surface area contributed by atoms with Crippen LogP contribution in [0.2, 0.25) is 0 Å². The molecule has 0 spiro atoms. The number of amides is 2. The summed E-state index contributed by atoms with van der Waals surface area (Å²) >= 11 is 0. The molecular weight excluding hydrogens is 332 g/mol. The summed E-state index contributed by atoms with van der Waals surface area (Å²) in [5.41, 5.74) is 0.279. The van der Waals surface area contributed by atoms with Gasteiger partial charge >= 0.3 is 0 Å². The Balaban J connectivity index is 2.93. The van der Waals surface area contributed by atoms with E-state index in [1.165, 1.54) is 7.11 Å². The fourth-order valence-corrected chi connectivity index (χ4v) is 2.72. The molecule has 8 heteroatoms. The lowest BCUT2D eigenvalue weighted by molar-refractivity contribution is -0.123. The molecule has 7 nitrogen and oxygen atoms in total. The average Bonchev–Trinajstić information content (AvgIpc) is 2.49. The standard InChI is InChI=1S/C16H24N2O5S/c1-11(2)17-16(20)13(9-10-24(4,21)22)18-15(19)12-7-5-6-8-14(12)23-3/h5-8,11,13H,9-10H2,1-4H3,(H,17,20)(H,18,19)/t13-/m0/s1. The summed E-state index contributed by atoms with van der Waals surface area (Å²) in [5, 5.41) is 5.28. The van der Waals surface area contributed by atoms with Gasteiger partial charge in [-0.25, -0.2) is 8.42 Å². The SMILES string of the molecule is COc1ccccc1C(=O)N[C@@H](CCS(C)(=O)=O)C(=O)NC(C)C. The predicted molar refractivity (Wildman–Crippen MR) is 91.9 cm³/mol. The molecule has 24 heavy (non-hydrogen) atoms. The molecule has 0 radical (unpaired) electrons. The van der Waals surface area contributed by atoms with Crippen LogP contribution >= 0.6 is 0 Å². The Kier molecular flexibility index (Phi) is 7.21. The Labute approximate surface area is 142 Å². The van der Waals surface area contributed by atoms with E-state index in [-0.39, 0.29) is 23.8 Å². The zero-order valence-corrected chi connectivity index (χ0v) is 15.1. The molecule has 0 aliphatic rings. The number of sulfone groups is 1. The molecular formula is C16H24N2O5S. The minimum Gasteiger partial charge on any atom is -0.496 e. The first kappa shape index (κ1) is 20.0. The van der Waals surface area contributed by atoms with Crippen LogP contribution in [0.1, 0.15) is 30.6 Å². The van der Waals surface area contributed by atoms with Gasteiger partial charge in [-0.2, -0.15) is 0 Å². The van der Waals surface area contributed by atoms with Crippen LogP contribution in [0.25, 0.3) is 0 Å². The molecule has 0 saturated heterocycles. The Morgan fingerprint density at radius 3 is 2.33 bits per heavy atom. The number of nitrogens with one attached hydrogen (secondary N) is 2. The maximum absolute atomic E-state index is 12.4. The maximum atomic E-state index is 12.4. The summed E-state index contributed by atoms with van der Waals surface area (Å²) in [7, 11) is -1.81. The largest absolute Gasteiger partial charge is 0.496 e. The summed E-state index contributed by atoms with van der Waals surface area (Å²) < 4.78 is 27.9. The van der Waals surface area contributed by atoms with E-state index in [1.54, 1.807) is 38.1 Å². The van der Waals surface area contributed by atoms with Crippen molar-refractivity contribution in [3.8, 4) is 5.75 Å². The lowest BCUT2D eigenvalue weighted by Crippen LogP contribution is -2.49. The van der Waals surface area contributed by atoms with Gasteiger partial charge in [0.15, 0.2) is 0 Å². The van der Waals surface area contributed by atoms with Crippen LogP contribution in [-0.2, 0) is 14.6 Å². The Morgan fingerprint density at radius 2 is 1.79 bits per heavy atom. The number of carbonyl (C=O) groups is 2. The van der Waals surface area contributed by atoms with Gasteiger partial charge in [-0.3, -0.25) is 9.59 Å². The number of para-hydroxylation sites is 1. The lowest BCUT2D eigenvalue weighted by Gasteiger charge is -2.20. The fourth-order valence-electron chi connectivity index (χ4n) is 2.05. The summed E-state index contributed by atoms with van der Waals surface area (Å²) in [6.07, 6.45) is 1.09. The molecule has 1 atom stereocenters. The van der Waals surface area contributed by atoms with E-state index in [4.69, 9.17) is 4.74 Å². The van der Waals surface area contributed by atoms with E-state index in [9.17, 15) is 18.0 Å². The van der Waals surface area contributed by atoms with Crippen LogP contribution in [-0.4, -0.2) is 51.4 Å².